The summed E-state index contributed by atoms with van der Waals surface area (Å²) in [7, 11) is 1.67. The van der Waals surface area contributed by atoms with Crippen molar-refractivity contribution in [3.8, 4) is 0 Å². The molecule has 1 aromatic heterocycles. The molecule has 0 unspecified atom stereocenters. The molecule has 0 saturated carbocycles. The Balaban J connectivity index is 1.45. The highest BCUT2D eigenvalue weighted by atomic mass is 16.5. The van der Waals surface area contributed by atoms with Crippen molar-refractivity contribution in [2.45, 2.75) is 64.2 Å². The molecule has 9 nitrogen and oxygen atoms in total. The second-order valence-electron chi connectivity index (χ2n) is 9.53. The van der Waals surface area contributed by atoms with Crippen molar-refractivity contribution >= 4 is 17.9 Å². The van der Waals surface area contributed by atoms with Crippen LogP contribution in [-0.2, 0) is 33.7 Å². The quantitative estimate of drug-likeness (QED) is 0.308. The molecule has 1 aromatic carbocycles. The molecule has 2 aromatic rings. The predicted octanol–water partition coefficient (Wildman–Crippen LogP) is 3.87. The van der Waals surface area contributed by atoms with Crippen molar-refractivity contribution in [2.75, 3.05) is 38.6 Å². The summed E-state index contributed by atoms with van der Waals surface area (Å²) in [4.78, 5) is 31.0. The van der Waals surface area contributed by atoms with Crippen LogP contribution in [0.4, 0.5) is 10.6 Å². The van der Waals surface area contributed by atoms with E-state index in [4.69, 9.17) is 14.5 Å². The standard InChI is InChI=1S/C28H40N4O5/c1-21(36-2)19-32(17-7-6-12-24-14-13-23-11-8-16-29-26(23)30-24)18-15-25(27(33)34)31-28(35)37-20-22-9-4-3-5-10-22/h3-5,9-10,13-14,21,25H,6-8,11-12,15-20H2,1-2H3,(H,29,30)(H,31,35)(H,33,34)/t21-,25+/m1/s1. The van der Waals surface area contributed by atoms with Crippen molar-refractivity contribution in [2.24, 2.45) is 0 Å². The molecule has 0 fully saturated rings. The summed E-state index contributed by atoms with van der Waals surface area (Å²) in [6.45, 7) is 5.07. The Bertz CT molecular complexity index is 988. The highest BCUT2D eigenvalue weighted by Crippen LogP contribution is 2.20. The number of nitrogens with zero attached hydrogens (tertiary/aromatic N) is 2. The summed E-state index contributed by atoms with van der Waals surface area (Å²) in [5.41, 5.74) is 3.22. The van der Waals surface area contributed by atoms with Crippen LogP contribution in [0.1, 0.15) is 49.4 Å². The van der Waals surface area contributed by atoms with Crippen LogP contribution in [0.3, 0.4) is 0 Å². The molecule has 3 rings (SSSR count). The number of rotatable bonds is 15. The Morgan fingerprint density at radius 3 is 2.73 bits per heavy atom. The molecule has 0 bridgehead atoms. The van der Waals surface area contributed by atoms with Gasteiger partial charge in [-0.05, 0) is 69.2 Å². The number of carbonyl (C=O) groups is 2. The van der Waals surface area contributed by atoms with Crippen LogP contribution in [0.5, 0.6) is 0 Å². The number of ether oxygens (including phenoxy) is 2. The van der Waals surface area contributed by atoms with Crippen LogP contribution in [0.2, 0.25) is 0 Å². The van der Waals surface area contributed by atoms with Crippen molar-refractivity contribution in [1.29, 1.82) is 0 Å². The molecule has 202 valence electrons. The van der Waals surface area contributed by atoms with Crippen molar-refractivity contribution in [1.82, 2.24) is 15.2 Å². The number of methoxy groups -OCH3 is 1. The van der Waals surface area contributed by atoms with Gasteiger partial charge in [0.2, 0.25) is 0 Å². The molecule has 0 saturated heterocycles. The summed E-state index contributed by atoms with van der Waals surface area (Å²) in [6.07, 6.45) is 4.61. The van der Waals surface area contributed by atoms with Crippen LogP contribution >= 0.6 is 0 Å². The van der Waals surface area contributed by atoms with E-state index in [1.165, 1.54) is 5.56 Å². The largest absolute Gasteiger partial charge is 0.480 e. The lowest BCUT2D eigenvalue weighted by atomic mass is 10.1. The first-order chi connectivity index (χ1) is 17.9. The maximum Gasteiger partial charge on any atom is 0.408 e. The summed E-state index contributed by atoms with van der Waals surface area (Å²) in [5, 5.41) is 15.5. The fourth-order valence-corrected chi connectivity index (χ4v) is 4.36. The average Bonchev–Trinajstić information content (AvgIpc) is 2.92. The topological polar surface area (TPSA) is 113 Å². The molecule has 3 N–H and O–H groups in total. The van der Waals surface area contributed by atoms with Gasteiger partial charge in [0.25, 0.3) is 0 Å². The fourth-order valence-electron chi connectivity index (χ4n) is 4.36. The zero-order chi connectivity index (χ0) is 26.5. The van der Waals surface area contributed by atoms with E-state index < -0.39 is 18.1 Å². The number of carboxylic acids is 1. The molecule has 9 heteroatoms. The lowest BCUT2D eigenvalue weighted by Gasteiger charge is -2.26. The second kappa shape index (κ2) is 15.2. The lowest BCUT2D eigenvalue weighted by molar-refractivity contribution is -0.139. The van der Waals surface area contributed by atoms with E-state index in [-0.39, 0.29) is 19.1 Å². The number of aryl methyl sites for hydroxylation is 2. The normalized spacial score (nSPS) is 14.4. The van der Waals surface area contributed by atoms with E-state index >= 15 is 0 Å². The number of carbonyl (C=O) groups excluding carboxylic acids is 1. The zero-order valence-corrected chi connectivity index (χ0v) is 21.9. The van der Waals surface area contributed by atoms with E-state index in [2.05, 4.69) is 27.7 Å². The Labute approximate surface area is 219 Å². The third-order valence-electron chi connectivity index (χ3n) is 6.56. The molecule has 37 heavy (non-hydrogen) atoms. The summed E-state index contributed by atoms with van der Waals surface area (Å²) in [5.74, 6) is -0.0581. The number of fused-ring (bicyclic) bond motifs is 1. The summed E-state index contributed by atoms with van der Waals surface area (Å²) in [6, 6.07) is 12.5. The zero-order valence-electron chi connectivity index (χ0n) is 21.9. The van der Waals surface area contributed by atoms with Crippen molar-refractivity contribution in [3.63, 3.8) is 0 Å². The van der Waals surface area contributed by atoms with E-state index in [0.717, 1.165) is 62.3 Å². The van der Waals surface area contributed by atoms with Gasteiger partial charge >= 0.3 is 12.1 Å². The van der Waals surface area contributed by atoms with Crippen LogP contribution < -0.4 is 10.6 Å². The van der Waals surface area contributed by atoms with E-state index in [1.54, 1.807) is 7.11 Å². The number of anilines is 1. The van der Waals surface area contributed by atoms with Crippen molar-refractivity contribution < 1.29 is 24.2 Å². The number of pyridine rings is 1. The highest BCUT2D eigenvalue weighted by Gasteiger charge is 2.22. The predicted molar refractivity (Wildman–Crippen MR) is 143 cm³/mol. The lowest BCUT2D eigenvalue weighted by Crippen LogP contribution is -2.44. The van der Waals surface area contributed by atoms with Crippen molar-refractivity contribution in [3.05, 3.63) is 59.3 Å². The molecule has 1 aliphatic heterocycles. The summed E-state index contributed by atoms with van der Waals surface area (Å²) >= 11 is 0. The third kappa shape index (κ3) is 10.0. The average molecular weight is 513 g/mol. The minimum absolute atomic E-state index is 0.0143. The van der Waals surface area contributed by atoms with Crippen LogP contribution in [0, 0.1) is 0 Å². The minimum Gasteiger partial charge on any atom is -0.480 e. The maximum absolute atomic E-state index is 12.2. The van der Waals surface area contributed by atoms with Gasteiger partial charge in [0, 0.05) is 32.4 Å². The first-order valence-corrected chi connectivity index (χ1v) is 13.1. The number of hydrogen-bond donors (Lipinski definition) is 3. The molecular weight excluding hydrogens is 472 g/mol. The van der Waals surface area contributed by atoms with Gasteiger partial charge in [-0.15, -0.1) is 0 Å². The second-order valence-corrected chi connectivity index (χ2v) is 9.53. The molecule has 1 aliphatic rings. The molecule has 0 spiro atoms. The number of aromatic nitrogens is 1. The Hall–Kier alpha value is -3.17. The number of nitrogens with one attached hydrogen (secondary N) is 2. The van der Waals surface area contributed by atoms with Crippen LogP contribution in [0.15, 0.2) is 42.5 Å². The monoisotopic (exact) mass is 512 g/mol. The molecule has 2 atom stereocenters. The molecule has 0 aliphatic carbocycles. The summed E-state index contributed by atoms with van der Waals surface area (Å²) < 4.78 is 10.6. The number of carboxylic acid groups (broad SMARTS) is 1. The fraction of sp³-hybridized carbons (Fsp3) is 0.536. The van der Waals surface area contributed by atoms with E-state index in [9.17, 15) is 14.7 Å². The molecule has 0 radical (unpaired) electrons. The highest BCUT2D eigenvalue weighted by molar-refractivity contribution is 5.79. The smallest absolute Gasteiger partial charge is 0.408 e. The first kappa shape index (κ1) is 28.4. The van der Waals surface area contributed by atoms with Gasteiger partial charge in [0.05, 0.1) is 6.10 Å². The molecule has 1 amide bonds. The number of benzene rings is 1. The molecule has 2 heterocycles. The van der Waals surface area contributed by atoms with Gasteiger partial charge < -0.3 is 30.1 Å². The molecular formula is C28H40N4O5. The third-order valence-corrected chi connectivity index (χ3v) is 6.56. The van der Waals surface area contributed by atoms with Gasteiger partial charge in [-0.25, -0.2) is 14.6 Å². The number of alkyl carbamates (subject to hydrolysis) is 1. The van der Waals surface area contributed by atoms with E-state index in [1.807, 2.05) is 37.3 Å². The van der Waals surface area contributed by atoms with E-state index in [0.29, 0.717) is 13.1 Å². The van der Waals surface area contributed by atoms with Crippen LogP contribution in [0.25, 0.3) is 0 Å². The van der Waals surface area contributed by atoms with Gasteiger partial charge in [0.1, 0.15) is 18.5 Å². The Morgan fingerprint density at radius 1 is 1.16 bits per heavy atom. The number of hydrogen-bond acceptors (Lipinski definition) is 7. The first-order valence-electron chi connectivity index (χ1n) is 13.1. The number of aliphatic carboxylic acids is 1. The van der Waals surface area contributed by atoms with Crippen LogP contribution in [-0.4, -0.2) is 72.5 Å². The maximum atomic E-state index is 12.2. The number of amides is 1. The minimum atomic E-state index is -1.08. The number of unbranched alkanes of at least 4 members (excludes halogenated alkanes) is 1. The Morgan fingerprint density at radius 2 is 1.97 bits per heavy atom. The van der Waals surface area contributed by atoms with Gasteiger partial charge in [-0.2, -0.15) is 0 Å². The van der Waals surface area contributed by atoms with Gasteiger partial charge in [-0.1, -0.05) is 36.4 Å². The SMILES string of the molecule is CO[C@H](C)CN(CCCCc1ccc2c(n1)NCCC2)CC[C@H](NC(=O)OCc1ccccc1)C(=O)O. The van der Waals surface area contributed by atoms with Gasteiger partial charge in [-0.3, -0.25) is 0 Å². The Kier molecular flexibility index (Phi) is 11.6. The van der Waals surface area contributed by atoms with Gasteiger partial charge in [0.15, 0.2) is 0 Å².